The molecule has 1 heterocycles. The summed E-state index contributed by atoms with van der Waals surface area (Å²) in [4.78, 5) is 0. The van der Waals surface area contributed by atoms with Crippen LogP contribution < -0.4 is 11.0 Å². The maximum Gasteiger partial charge on any atom is 0.0519 e. The van der Waals surface area contributed by atoms with E-state index in [2.05, 4.69) is 42.9 Å². The Bertz CT molecular complexity index is 261. The summed E-state index contributed by atoms with van der Waals surface area (Å²) in [5.74, 6) is 0. The number of hydrogen-bond donors (Lipinski definition) is 2. The molecule has 1 rings (SSSR count). The van der Waals surface area contributed by atoms with Crippen LogP contribution in [0.1, 0.15) is 91.4 Å². The van der Waals surface area contributed by atoms with Crippen LogP contribution >= 0.6 is 0 Å². The summed E-state index contributed by atoms with van der Waals surface area (Å²) in [7, 11) is 0. The lowest BCUT2D eigenvalue weighted by Gasteiger charge is -2.34. The maximum atomic E-state index is 3.15. The van der Waals surface area contributed by atoms with E-state index in [0.29, 0.717) is 0 Å². The van der Waals surface area contributed by atoms with Gasteiger partial charge in [0.25, 0.3) is 0 Å². The van der Waals surface area contributed by atoms with Crippen LogP contribution in [-0.4, -0.2) is 10.5 Å². The van der Waals surface area contributed by atoms with Gasteiger partial charge in [0.05, 0.1) is 5.54 Å². The van der Waals surface area contributed by atoms with E-state index in [4.69, 9.17) is 0 Å². The zero-order valence-corrected chi connectivity index (χ0v) is 13.9. The van der Waals surface area contributed by atoms with E-state index >= 15 is 0 Å². The molecule has 0 aliphatic carbocycles. The molecular weight excluding hydrogens is 246 g/mol. The van der Waals surface area contributed by atoms with E-state index in [-0.39, 0.29) is 5.54 Å². The molecule has 0 atom stereocenters. The number of nitrogens with one attached hydrogen (secondary N) is 2. The highest BCUT2D eigenvalue weighted by Gasteiger charge is 2.25. The van der Waals surface area contributed by atoms with Crippen molar-refractivity contribution < 1.29 is 0 Å². The van der Waals surface area contributed by atoms with Gasteiger partial charge in [-0.05, 0) is 20.3 Å². The molecule has 0 saturated carbocycles. The number of nitrogens with zero attached hydrogens (tertiary/aromatic N) is 1. The van der Waals surface area contributed by atoms with Crippen molar-refractivity contribution in [3.63, 3.8) is 0 Å². The largest absolute Gasteiger partial charge is 0.310 e. The summed E-state index contributed by atoms with van der Waals surface area (Å²) in [5, 5.41) is 2.17. The summed E-state index contributed by atoms with van der Waals surface area (Å²) in [6.07, 6.45) is 19.3. The minimum atomic E-state index is 0.195. The number of unbranched alkanes of at least 4 members (excludes halogenated alkanes) is 9. The fraction of sp³-hybridized carbons (Fsp3) is 0.882. The Morgan fingerprint density at radius 1 is 0.850 bits per heavy atom. The third kappa shape index (κ3) is 7.18. The van der Waals surface area contributed by atoms with Crippen molar-refractivity contribution in [1.82, 2.24) is 16.0 Å². The Hall–Kier alpha value is -0.700. The van der Waals surface area contributed by atoms with Crippen LogP contribution in [0.2, 0.25) is 0 Å². The van der Waals surface area contributed by atoms with Gasteiger partial charge in [-0.15, -0.1) is 5.53 Å². The fourth-order valence-corrected chi connectivity index (χ4v) is 2.77. The molecule has 0 spiro atoms. The van der Waals surface area contributed by atoms with Gasteiger partial charge in [0.15, 0.2) is 0 Å². The second-order valence-electron chi connectivity index (χ2n) is 6.69. The van der Waals surface area contributed by atoms with Crippen molar-refractivity contribution >= 4 is 0 Å². The predicted molar refractivity (Wildman–Crippen MR) is 87.8 cm³/mol. The highest BCUT2D eigenvalue weighted by Crippen LogP contribution is 2.22. The quantitative estimate of drug-likeness (QED) is 0.500. The summed E-state index contributed by atoms with van der Waals surface area (Å²) >= 11 is 0. The SMILES string of the molecule is CCCCCCCCCCCCC(C)(C)N1C=CNN1. The van der Waals surface area contributed by atoms with Gasteiger partial charge < -0.3 is 5.43 Å². The Kier molecular flexibility index (Phi) is 8.75. The van der Waals surface area contributed by atoms with Gasteiger partial charge in [0, 0.05) is 12.4 Å². The van der Waals surface area contributed by atoms with Crippen molar-refractivity contribution in [3.05, 3.63) is 12.4 Å². The minimum absolute atomic E-state index is 0.195. The molecule has 0 aromatic carbocycles. The second kappa shape index (κ2) is 10.1. The van der Waals surface area contributed by atoms with E-state index in [1.54, 1.807) is 0 Å². The fourth-order valence-electron chi connectivity index (χ4n) is 2.77. The van der Waals surface area contributed by atoms with Crippen molar-refractivity contribution in [2.75, 3.05) is 0 Å². The predicted octanol–water partition coefficient (Wildman–Crippen LogP) is 4.87. The molecule has 20 heavy (non-hydrogen) atoms. The lowest BCUT2D eigenvalue weighted by atomic mass is 9.95. The molecule has 2 N–H and O–H groups in total. The zero-order valence-electron chi connectivity index (χ0n) is 13.9. The number of rotatable bonds is 12. The third-order valence-electron chi connectivity index (χ3n) is 4.29. The van der Waals surface area contributed by atoms with Crippen LogP contribution in [0.4, 0.5) is 0 Å². The lowest BCUT2D eigenvalue weighted by Crippen LogP contribution is -2.49. The Morgan fingerprint density at radius 2 is 1.40 bits per heavy atom. The van der Waals surface area contributed by atoms with Crippen molar-refractivity contribution in [1.29, 1.82) is 0 Å². The molecule has 3 nitrogen and oxygen atoms in total. The highest BCUT2D eigenvalue weighted by molar-refractivity contribution is 4.92. The molecule has 0 aromatic heterocycles. The lowest BCUT2D eigenvalue weighted by molar-refractivity contribution is 0.109. The van der Waals surface area contributed by atoms with E-state index in [1.807, 2.05) is 6.20 Å². The first-order valence-corrected chi connectivity index (χ1v) is 8.64. The van der Waals surface area contributed by atoms with Crippen molar-refractivity contribution in [3.8, 4) is 0 Å². The summed E-state index contributed by atoms with van der Waals surface area (Å²) in [6, 6.07) is 0. The van der Waals surface area contributed by atoms with Gasteiger partial charge in [0.1, 0.15) is 0 Å². The summed E-state index contributed by atoms with van der Waals surface area (Å²) < 4.78 is 0. The first-order chi connectivity index (χ1) is 9.67. The molecule has 0 radical (unpaired) electrons. The van der Waals surface area contributed by atoms with E-state index in [9.17, 15) is 0 Å². The molecule has 0 saturated heterocycles. The standard InChI is InChI=1S/C17H35N3/c1-4-5-6-7-8-9-10-11-12-13-14-17(2,3)20-16-15-18-19-20/h15-16,18-19H,4-14H2,1-3H3. The van der Waals surface area contributed by atoms with Gasteiger partial charge in [-0.1, -0.05) is 71.1 Å². The monoisotopic (exact) mass is 281 g/mol. The molecule has 1 aliphatic rings. The molecule has 0 fully saturated rings. The first kappa shape index (κ1) is 17.4. The van der Waals surface area contributed by atoms with Gasteiger partial charge in [-0.25, -0.2) is 0 Å². The topological polar surface area (TPSA) is 27.3 Å². The molecule has 118 valence electrons. The highest BCUT2D eigenvalue weighted by atomic mass is 15.7. The van der Waals surface area contributed by atoms with Crippen LogP contribution in [-0.2, 0) is 0 Å². The maximum absolute atomic E-state index is 3.15. The molecule has 0 aromatic rings. The van der Waals surface area contributed by atoms with E-state index in [0.717, 1.165) is 0 Å². The van der Waals surface area contributed by atoms with Gasteiger partial charge in [0.2, 0.25) is 0 Å². The van der Waals surface area contributed by atoms with Crippen molar-refractivity contribution in [2.24, 2.45) is 0 Å². The van der Waals surface area contributed by atoms with Crippen LogP contribution in [0.25, 0.3) is 0 Å². The Balaban J connectivity index is 1.90. The van der Waals surface area contributed by atoms with Gasteiger partial charge in [-0.2, -0.15) is 0 Å². The third-order valence-corrected chi connectivity index (χ3v) is 4.29. The van der Waals surface area contributed by atoms with Gasteiger partial charge in [-0.3, -0.25) is 5.01 Å². The van der Waals surface area contributed by atoms with Crippen LogP contribution in [0.15, 0.2) is 12.4 Å². The van der Waals surface area contributed by atoms with Crippen molar-refractivity contribution in [2.45, 2.75) is 96.9 Å². The van der Waals surface area contributed by atoms with Gasteiger partial charge >= 0.3 is 0 Å². The average molecular weight is 281 g/mol. The molecule has 0 bridgehead atoms. The Morgan fingerprint density at radius 3 is 1.90 bits per heavy atom. The molecular formula is C17H35N3. The summed E-state index contributed by atoms with van der Waals surface area (Å²) in [6.45, 7) is 6.88. The van der Waals surface area contributed by atoms with Crippen LogP contribution in [0.5, 0.6) is 0 Å². The van der Waals surface area contributed by atoms with E-state index < -0.39 is 0 Å². The Labute approximate surface area is 126 Å². The van der Waals surface area contributed by atoms with E-state index in [1.165, 1.54) is 70.6 Å². The van der Waals surface area contributed by atoms with Crippen LogP contribution in [0, 0.1) is 0 Å². The average Bonchev–Trinajstić information content (AvgIpc) is 2.96. The zero-order chi connectivity index (χ0) is 14.7. The van der Waals surface area contributed by atoms with Crippen LogP contribution in [0.3, 0.4) is 0 Å². The number of hydrazine groups is 2. The molecule has 3 heteroatoms. The summed E-state index contributed by atoms with van der Waals surface area (Å²) in [5.41, 5.74) is 6.36. The normalized spacial score (nSPS) is 14.8. The first-order valence-electron chi connectivity index (χ1n) is 8.64. The smallest absolute Gasteiger partial charge is 0.0519 e. The minimum Gasteiger partial charge on any atom is -0.310 e. The second-order valence-corrected chi connectivity index (χ2v) is 6.69. The number of hydrogen-bond acceptors (Lipinski definition) is 3. The molecule has 1 aliphatic heterocycles. The molecule has 0 unspecified atom stereocenters. The molecule has 0 amide bonds.